The number of alkyl halides is 2. The Labute approximate surface area is 148 Å². The predicted molar refractivity (Wildman–Crippen MR) is 92.4 cm³/mol. The zero-order valence-electron chi connectivity index (χ0n) is 14.0. The Bertz CT molecular complexity index is 597. The number of nitrogens with two attached hydrogens (primary N) is 1. The summed E-state index contributed by atoms with van der Waals surface area (Å²) in [5.41, 5.74) is 4.96. The summed E-state index contributed by atoms with van der Waals surface area (Å²) in [6.45, 7) is 5.16. The summed E-state index contributed by atoms with van der Waals surface area (Å²) in [6, 6.07) is 5.32. The van der Waals surface area contributed by atoms with E-state index in [0.29, 0.717) is 6.42 Å². The first-order valence-electron chi connectivity index (χ1n) is 7.33. The molecule has 3 N–H and O–H groups in total. The maximum Gasteiger partial charge on any atom is 0.272 e. The average Bonchev–Trinajstić information content (AvgIpc) is 2.44. The van der Waals surface area contributed by atoms with E-state index >= 15 is 0 Å². The van der Waals surface area contributed by atoms with Gasteiger partial charge in [-0.3, -0.25) is 0 Å². The van der Waals surface area contributed by atoms with Crippen LogP contribution in [0.4, 0.5) is 8.78 Å². The van der Waals surface area contributed by atoms with Crippen LogP contribution in [0.5, 0.6) is 5.75 Å². The first-order valence-corrected chi connectivity index (χ1v) is 8.81. The molecule has 9 heteroatoms. The van der Waals surface area contributed by atoms with E-state index in [1.54, 1.807) is 6.92 Å². The minimum atomic E-state index is -3.76. The lowest BCUT2D eigenvalue weighted by Crippen LogP contribution is -2.51. The molecule has 1 rings (SSSR count). The van der Waals surface area contributed by atoms with Crippen LogP contribution < -0.4 is 15.2 Å². The first kappa shape index (κ1) is 23.0. The molecular formula is C15H25ClF2N2O3S. The fourth-order valence-corrected chi connectivity index (χ4v) is 3.75. The second kappa shape index (κ2) is 9.50. The smallest absolute Gasteiger partial charge is 0.272 e. The number of halogens is 3. The number of rotatable bonds is 9. The van der Waals surface area contributed by atoms with Gasteiger partial charge in [-0.2, -0.15) is 0 Å². The van der Waals surface area contributed by atoms with Gasteiger partial charge < -0.3 is 10.5 Å². The van der Waals surface area contributed by atoms with Crippen molar-refractivity contribution in [2.45, 2.75) is 44.1 Å². The highest BCUT2D eigenvalue weighted by molar-refractivity contribution is 7.89. The van der Waals surface area contributed by atoms with Crippen molar-refractivity contribution >= 4 is 22.4 Å². The standard InChI is InChI=1S/C15H24F2N2O3S.ClH/c1-11(2)8-15(3,10-18)19-23(20,21)13-6-4-12(5-7-13)22-9-14(16)17;/h4-7,11,14,19H,8-10,18H2,1-3H3;1H. The molecule has 0 spiro atoms. The van der Waals surface area contributed by atoms with Crippen molar-refractivity contribution in [1.82, 2.24) is 4.72 Å². The maximum atomic E-state index is 12.4. The van der Waals surface area contributed by atoms with Crippen molar-refractivity contribution in [1.29, 1.82) is 0 Å². The lowest BCUT2D eigenvalue weighted by molar-refractivity contribution is 0.0819. The molecule has 1 atom stereocenters. The molecule has 0 saturated carbocycles. The maximum absolute atomic E-state index is 12.4. The molecule has 0 aromatic heterocycles. The third kappa shape index (κ3) is 7.29. The van der Waals surface area contributed by atoms with Crippen LogP contribution in [0.25, 0.3) is 0 Å². The van der Waals surface area contributed by atoms with Gasteiger partial charge in [0.05, 0.1) is 4.90 Å². The number of ether oxygens (including phenoxy) is 1. The highest BCUT2D eigenvalue weighted by atomic mass is 35.5. The van der Waals surface area contributed by atoms with Crippen molar-refractivity contribution < 1.29 is 21.9 Å². The zero-order valence-corrected chi connectivity index (χ0v) is 15.6. The number of benzene rings is 1. The van der Waals surface area contributed by atoms with E-state index in [2.05, 4.69) is 4.72 Å². The van der Waals surface area contributed by atoms with E-state index < -0.39 is 28.6 Å². The van der Waals surface area contributed by atoms with E-state index in [4.69, 9.17) is 10.5 Å². The SMILES string of the molecule is CC(C)CC(C)(CN)NS(=O)(=O)c1ccc(OCC(F)F)cc1.Cl. The Kier molecular flexibility index (Phi) is 9.12. The van der Waals surface area contributed by atoms with Crippen molar-refractivity contribution in [3.05, 3.63) is 24.3 Å². The number of hydrogen-bond donors (Lipinski definition) is 2. The highest BCUT2D eigenvalue weighted by Crippen LogP contribution is 2.21. The van der Waals surface area contributed by atoms with Crippen molar-refractivity contribution in [3.8, 4) is 5.75 Å². The number of sulfonamides is 1. The molecule has 0 radical (unpaired) electrons. The van der Waals surface area contributed by atoms with Gasteiger partial charge >= 0.3 is 0 Å². The number of nitrogens with one attached hydrogen (secondary N) is 1. The summed E-state index contributed by atoms with van der Waals surface area (Å²) in [5, 5.41) is 0. The zero-order chi connectivity index (χ0) is 17.7. The Hall–Kier alpha value is -0.960. The molecule has 1 unspecified atom stereocenters. The topological polar surface area (TPSA) is 81.4 Å². The van der Waals surface area contributed by atoms with Crippen LogP contribution in [0.15, 0.2) is 29.2 Å². The molecule has 0 aliphatic rings. The minimum Gasteiger partial charge on any atom is -0.488 e. The van der Waals surface area contributed by atoms with Crippen molar-refractivity contribution in [2.24, 2.45) is 11.7 Å². The van der Waals surface area contributed by atoms with Crippen LogP contribution in [0.2, 0.25) is 0 Å². The van der Waals surface area contributed by atoms with Gasteiger partial charge in [-0.1, -0.05) is 13.8 Å². The molecule has 0 bridgehead atoms. The lowest BCUT2D eigenvalue weighted by atomic mass is 9.92. The van der Waals surface area contributed by atoms with Gasteiger partial charge in [0, 0.05) is 12.1 Å². The molecule has 0 fully saturated rings. The van der Waals surface area contributed by atoms with Crippen molar-refractivity contribution in [2.75, 3.05) is 13.2 Å². The number of hydrogen-bond acceptors (Lipinski definition) is 4. The summed E-state index contributed by atoms with van der Waals surface area (Å²) in [4.78, 5) is 0.0327. The third-order valence-corrected chi connectivity index (χ3v) is 4.85. The molecule has 0 saturated heterocycles. The monoisotopic (exact) mass is 386 g/mol. The van der Waals surface area contributed by atoms with Crippen LogP contribution >= 0.6 is 12.4 Å². The Morgan fingerprint density at radius 3 is 2.21 bits per heavy atom. The summed E-state index contributed by atoms with van der Waals surface area (Å²) in [6.07, 6.45) is -1.99. The molecule has 1 aromatic carbocycles. The van der Waals surface area contributed by atoms with Crippen LogP contribution in [-0.2, 0) is 10.0 Å². The van der Waals surface area contributed by atoms with Gasteiger partial charge in [-0.25, -0.2) is 21.9 Å². The van der Waals surface area contributed by atoms with Crippen LogP contribution in [0, 0.1) is 5.92 Å². The molecule has 0 heterocycles. The normalized spacial score (nSPS) is 14.3. The molecule has 0 aliphatic heterocycles. The van der Waals surface area contributed by atoms with E-state index in [0.717, 1.165) is 0 Å². The third-order valence-electron chi connectivity index (χ3n) is 3.20. The van der Waals surface area contributed by atoms with E-state index in [1.165, 1.54) is 24.3 Å². The summed E-state index contributed by atoms with van der Waals surface area (Å²) < 4.78 is 56.5. The second-order valence-electron chi connectivity index (χ2n) is 6.14. The van der Waals surface area contributed by atoms with Gasteiger partial charge in [0.25, 0.3) is 6.43 Å². The van der Waals surface area contributed by atoms with Crippen LogP contribution in [-0.4, -0.2) is 33.5 Å². The van der Waals surface area contributed by atoms with Gasteiger partial charge in [-0.05, 0) is 43.5 Å². The van der Waals surface area contributed by atoms with E-state index in [9.17, 15) is 17.2 Å². The Morgan fingerprint density at radius 2 is 1.79 bits per heavy atom. The first-order chi connectivity index (χ1) is 10.6. The van der Waals surface area contributed by atoms with E-state index in [-0.39, 0.29) is 35.5 Å². The molecule has 1 aromatic rings. The molecule has 140 valence electrons. The van der Waals surface area contributed by atoms with Gasteiger partial charge in [0.2, 0.25) is 10.0 Å². The van der Waals surface area contributed by atoms with Crippen LogP contribution in [0.1, 0.15) is 27.2 Å². The van der Waals surface area contributed by atoms with Gasteiger partial charge in [0.15, 0.2) is 0 Å². The summed E-state index contributed by atoms with van der Waals surface area (Å²) in [7, 11) is -3.76. The summed E-state index contributed by atoms with van der Waals surface area (Å²) >= 11 is 0. The predicted octanol–water partition coefficient (Wildman–Crippen LogP) is 2.79. The fourth-order valence-electron chi connectivity index (χ4n) is 2.33. The van der Waals surface area contributed by atoms with Crippen LogP contribution in [0.3, 0.4) is 0 Å². The summed E-state index contributed by atoms with van der Waals surface area (Å²) in [5.74, 6) is 0.462. The quantitative estimate of drug-likeness (QED) is 0.683. The van der Waals surface area contributed by atoms with E-state index in [1.807, 2.05) is 13.8 Å². The molecule has 24 heavy (non-hydrogen) atoms. The van der Waals surface area contributed by atoms with Gasteiger partial charge in [-0.15, -0.1) is 12.4 Å². The molecule has 0 aliphatic carbocycles. The largest absolute Gasteiger partial charge is 0.488 e. The fraction of sp³-hybridized carbons (Fsp3) is 0.600. The molecule has 0 amide bonds. The lowest BCUT2D eigenvalue weighted by Gasteiger charge is -2.30. The Balaban J connectivity index is 0.00000529. The molecular weight excluding hydrogens is 362 g/mol. The minimum absolute atomic E-state index is 0. The molecule has 5 nitrogen and oxygen atoms in total. The van der Waals surface area contributed by atoms with Crippen molar-refractivity contribution in [3.63, 3.8) is 0 Å². The van der Waals surface area contributed by atoms with Gasteiger partial charge in [0.1, 0.15) is 12.4 Å². The Morgan fingerprint density at radius 1 is 1.25 bits per heavy atom. The highest BCUT2D eigenvalue weighted by Gasteiger charge is 2.30. The second-order valence-corrected chi connectivity index (χ2v) is 7.82. The average molecular weight is 387 g/mol.